The van der Waals surface area contributed by atoms with E-state index >= 15 is 0 Å². The molecule has 0 aliphatic carbocycles. The monoisotopic (exact) mass is 352 g/mol. The fourth-order valence-electron chi connectivity index (χ4n) is 2.90. The summed E-state index contributed by atoms with van der Waals surface area (Å²) in [6, 6.07) is 9.48. The Morgan fingerprint density at radius 1 is 1.27 bits per heavy atom. The molecule has 3 rings (SSSR count). The van der Waals surface area contributed by atoms with Crippen LogP contribution in [0.1, 0.15) is 36.5 Å². The number of hydrogen-bond donors (Lipinski definition) is 1. The molecule has 0 unspecified atom stereocenters. The Morgan fingerprint density at radius 2 is 2.12 bits per heavy atom. The Labute approximate surface area is 153 Å². The average molecular weight is 352 g/mol. The second kappa shape index (κ2) is 7.99. The number of aryl methyl sites for hydroxylation is 1. The predicted octanol–water partition coefficient (Wildman–Crippen LogP) is 3.56. The minimum absolute atomic E-state index is 0.0920. The van der Waals surface area contributed by atoms with E-state index in [9.17, 15) is 4.79 Å². The summed E-state index contributed by atoms with van der Waals surface area (Å²) < 4.78 is 6.99. The van der Waals surface area contributed by atoms with Crippen molar-refractivity contribution in [2.75, 3.05) is 13.7 Å². The van der Waals surface area contributed by atoms with E-state index in [1.165, 1.54) is 0 Å². The van der Waals surface area contributed by atoms with Gasteiger partial charge in [-0.25, -0.2) is 4.98 Å². The number of aromatic nitrogens is 3. The normalized spacial score (nSPS) is 10.9. The fraction of sp³-hybridized carbons (Fsp3) is 0.350. The molecule has 3 aromatic rings. The van der Waals surface area contributed by atoms with E-state index < -0.39 is 0 Å². The number of nitrogens with one attached hydrogen (secondary N) is 1. The first-order chi connectivity index (χ1) is 12.6. The number of hydrogen-bond acceptors (Lipinski definition) is 4. The zero-order valence-corrected chi connectivity index (χ0v) is 15.5. The summed E-state index contributed by atoms with van der Waals surface area (Å²) in [7, 11) is 3.46. The molecule has 0 atom stereocenters. The highest BCUT2D eigenvalue weighted by Crippen LogP contribution is 2.27. The van der Waals surface area contributed by atoms with Crippen molar-refractivity contribution in [2.24, 2.45) is 7.05 Å². The fourth-order valence-corrected chi connectivity index (χ4v) is 2.90. The van der Waals surface area contributed by atoms with Gasteiger partial charge in [0.25, 0.3) is 5.91 Å². The number of nitrogens with zero attached hydrogens (tertiary/aromatic N) is 3. The van der Waals surface area contributed by atoms with E-state index in [0.29, 0.717) is 17.8 Å². The van der Waals surface area contributed by atoms with E-state index in [4.69, 9.17) is 9.72 Å². The van der Waals surface area contributed by atoms with Crippen molar-refractivity contribution in [3.8, 4) is 17.0 Å². The lowest BCUT2D eigenvalue weighted by Crippen LogP contribution is -2.24. The number of ether oxygens (including phenoxy) is 1. The van der Waals surface area contributed by atoms with Crippen LogP contribution in [0.5, 0.6) is 5.75 Å². The number of unbranched alkanes of at least 4 members (excludes halogenated alkanes) is 2. The highest BCUT2D eigenvalue weighted by Gasteiger charge is 2.16. The van der Waals surface area contributed by atoms with Gasteiger partial charge in [0.2, 0.25) is 0 Å². The van der Waals surface area contributed by atoms with Crippen LogP contribution in [-0.4, -0.2) is 34.3 Å². The van der Waals surface area contributed by atoms with Crippen molar-refractivity contribution in [1.29, 1.82) is 0 Å². The van der Waals surface area contributed by atoms with Crippen LogP contribution in [0, 0.1) is 0 Å². The molecule has 6 heteroatoms. The third-order valence-corrected chi connectivity index (χ3v) is 4.38. The Kier molecular flexibility index (Phi) is 5.51. The molecule has 26 heavy (non-hydrogen) atoms. The lowest BCUT2D eigenvalue weighted by atomic mass is 10.1. The van der Waals surface area contributed by atoms with Gasteiger partial charge in [-0.1, -0.05) is 31.9 Å². The van der Waals surface area contributed by atoms with Crippen molar-refractivity contribution < 1.29 is 9.53 Å². The number of methoxy groups -OCH3 is 1. The maximum atomic E-state index is 12.7. The SMILES string of the molecule is CCCCCNC(=O)c1cc(-c2cccc(OC)c2)nc2c1cnn2C. The van der Waals surface area contributed by atoms with Crippen LogP contribution in [0.25, 0.3) is 22.3 Å². The van der Waals surface area contributed by atoms with Gasteiger partial charge in [0.1, 0.15) is 5.75 Å². The van der Waals surface area contributed by atoms with Crippen molar-refractivity contribution in [1.82, 2.24) is 20.1 Å². The van der Waals surface area contributed by atoms with E-state index in [0.717, 1.165) is 41.7 Å². The Bertz CT molecular complexity index is 917. The maximum Gasteiger partial charge on any atom is 0.252 e. The number of fused-ring (bicyclic) bond motifs is 1. The van der Waals surface area contributed by atoms with Crippen LogP contribution in [0.15, 0.2) is 36.5 Å². The van der Waals surface area contributed by atoms with Gasteiger partial charge in [-0.05, 0) is 24.6 Å². The number of rotatable bonds is 7. The number of benzene rings is 1. The maximum absolute atomic E-state index is 12.7. The van der Waals surface area contributed by atoms with Gasteiger partial charge in [-0.2, -0.15) is 5.10 Å². The molecule has 0 radical (unpaired) electrons. The van der Waals surface area contributed by atoms with E-state index in [1.54, 1.807) is 18.0 Å². The Hall–Kier alpha value is -2.89. The van der Waals surface area contributed by atoms with Gasteiger partial charge in [-0.15, -0.1) is 0 Å². The highest BCUT2D eigenvalue weighted by molar-refractivity contribution is 6.06. The summed E-state index contributed by atoms with van der Waals surface area (Å²) in [4.78, 5) is 17.4. The molecule has 0 aliphatic rings. The van der Waals surface area contributed by atoms with Crippen LogP contribution in [-0.2, 0) is 7.05 Å². The van der Waals surface area contributed by atoms with Crippen LogP contribution in [0.3, 0.4) is 0 Å². The Balaban J connectivity index is 2.00. The minimum Gasteiger partial charge on any atom is -0.497 e. The summed E-state index contributed by atoms with van der Waals surface area (Å²) >= 11 is 0. The summed E-state index contributed by atoms with van der Waals surface area (Å²) in [5, 5.41) is 8.03. The van der Waals surface area contributed by atoms with Crippen LogP contribution in [0.4, 0.5) is 0 Å². The summed E-state index contributed by atoms with van der Waals surface area (Å²) in [6.07, 6.45) is 4.90. The molecule has 2 heterocycles. The molecular weight excluding hydrogens is 328 g/mol. The molecule has 0 aliphatic heterocycles. The molecule has 1 N–H and O–H groups in total. The van der Waals surface area contributed by atoms with Crippen LogP contribution < -0.4 is 10.1 Å². The molecule has 0 saturated carbocycles. The van der Waals surface area contributed by atoms with Crippen molar-refractivity contribution >= 4 is 16.9 Å². The van der Waals surface area contributed by atoms with E-state index in [-0.39, 0.29) is 5.91 Å². The average Bonchev–Trinajstić information content (AvgIpc) is 3.05. The summed E-state index contributed by atoms with van der Waals surface area (Å²) in [5.41, 5.74) is 2.90. The summed E-state index contributed by atoms with van der Waals surface area (Å²) in [6.45, 7) is 2.81. The molecule has 0 spiro atoms. The van der Waals surface area contributed by atoms with Crippen molar-refractivity contribution in [2.45, 2.75) is 26.2 Å². The molecule has 2 aromatic heterocycles. The molecule has 0 bridgehead atoms. The van der Waals surface area contributed by atoms with Gasteiger partial charge in [0, 0.05) is 19.2 Å². The number of carbonyl (C=O) groups is 1. The smallest absolute Gasteiger partial charge is 0.252 e. The molecule has 0 saturated heterocycles. The van der Waals surface area contributed by atoms with Gasteiger partial charge >= 0.3 is 0 Å². The molecule has 1 aromatic carbocycles. The molecule has 1 amide bonds. The number of pyridine rings is 1. The van der Waals surface area contributed by atoms with E-state index in [2.05, 4.69) is 17.3 Å². The lowest BCUT2D eigenvalue weighted by molar-refractivity contribution is 0.0954. The molecule has 136 valence electrons. The first-order valence-corrected chi connectivity index (χ1v) is 8.89. The van der Waals surface area contributed by atoms with Gasteiger partial charge in [-0.3, -0.25) is 9.48 Å². The van der Waals surface area contributed by atoms with Gasteiger partial charge in [0.05, 0.1) is 30.0 Å². The highest BCUT2D eigenvalue weighted by atomic mass is 16.5. The first kappa shape index (κ1) is 17.9. The Morgan fingerprint density at radius 3 is 2.88 bits per heavy atom. The van der Waals surface area contributed by atoms with Gasteiger partial charge in [0.15, 0.2) is 5.65 Å². The third kappa shape index (κ3) is 3.69. The quantitative estimate of drug-likeness (QED) is 0.660. The van der Waals surface area contributed by atoms with Crippen molar-refractivity contribution in [3.63, 3.8) is 0 Å². The zero-order chi connectivity index (χ0) is 18.5. The summed E-state index contributed by atoms with van der Waals surface area (Å²) in [5.74, 6) is 0.658. The lowest BCUT2D eigenvalue weighted by Gasteiger charge is -2.09. The van der Waals surface area contributed by atoms with Gasteiger partial charge < -0.3 is 10.1 Å². The second-order valence-corrected chi connectivity index (χ2v) is 6.26. The first-order valence-electron chi connectivity index (χ1n) is 8.89. The molecule has 0 fully saturated rings. The second-order valence-electron chi connectivity index (χ2n) is 6.26. The largest absolute Gasteiger partial charge is 0.497 e. The minimum atomic E-state index is -0.0920. The van der Waals surface area contributed by atoms with Crippen LogP contribution >= 0.6 is 0 Å². The molecule has 6 nitrogen and oxygen atoms in total. The predicted molar refractivity (Wildman–Crippen MR) is 102 cm³/mol. The standard InChI is InChI=1S/C20H24N4O2/c1-4-5-6-10-21-20(25)16-12-18(14-8-7-9-15(11-14)26-3)23-19-17(16)13-22-24(19)2/h7-9,11-13H,4-6,10H2,1-3H3,(H,21,25). The van der Waals surface area contributed by atoms with E-state index in [1.807, 2.05) is 37.4 Å². The molecular formula is C20H24N4O2. The number of amides is 1. The topological polar surface area (TPSA) is 69.0 Å². The van der Waals surface area contributed by atoms with Crippen molar-refractivity contribution in [3.05, 3.63) is 42.1 Å². The van der Waals surface area contributed by atoms with Crippen LogP contribution in [0.2, 0.25) is 0 Å². The third-order valence-electron chi connectivity index (χ3n) is 4.38. The number of carbonyl (C=O) groups excluding carboxylic acids is 1. The zero-order valence-electron chi connectivity index (χ0n) is 15.5.